The predicted octanol–water partition coefficient (Wildman–Crippen LogP) is 1.86. The molecule has 0 aliphatic carbocycles. The molecule has 8 nitrogen and oxygen atoms in total. The van der Waals surface area contributed by atoms with E-state index in [1.807, 2.05) is 0 Å². The van der Waals surface area contributed by atoms with Crippen LogP contribution in [0.15, 0.2) is 59.7 Å². The maximum absolute atomic E-state index is 12.1. The Morgan fingerprint density at radius 1 is 1.07 bits per heavy atom. The van der Waals surface area contributed by atoms with Crippen molar-refractivity contribution in [2.75, 3.05) is 6.54 Å². The highest BCUT2D eigenvalue weighted by atomic mass is 35.5. The van der Waals surface area contributed by atoms with Gasteiger partial charge in [0, 0.05) is 48.4 Å². The largest absolute Gasteiger partial charge is 0.354 e. The van der Waals surface area contributed by atoms with Crippen LogP contribution < -0.4 is 10.9 Å². The summed E-state index contributed by atoms with van der Waals surface area (Å²) in [5, 5.41) is 11.5. The number of halogens is 1. The van der Waals surface area contributed by atoms with Gasteiger partial charge in [0.05, 0.1) is 6.54 Å². The van der Waals surface area contributed by atoms with Gasteiger partial charge in [0.25, 0.3) is 5.56 Å². The first-order valence-corrected chi connectivity index (χ1v) is 9.04. The third-order valence-corrected chi connectivity index (χ3v) is 4.23. The van der Waals surface area contributed by atoms with Crippen molar-refractivity contribution in [3.63, 3.8) is 0 Å². The van der Waals surface area contributed by atoms with Gasteiger partial charge in [-0.3, -0.25) is 14.4 Å². The normalized spacial score (nSPS) is 10.6. The minimum atomic E-state index is -0.275. The minimum Gasteiger partial charge on any atom is -0.354 e. The third kappa shape index (κ3) is 5.14. The lowest BCUT2D eigenvalue weighted by Crippen LogP contribution is -2.32. The zero-order valence-electron chi connectivity index (χ0n) is 14.9. The number of rotatable bonds is 8. The Balaban J connectivity index is 1.48. The first kappa shape index (κ1) is 19.5. The summed E-state index contributed by atoms with van der Waals surface area (Å²) in [5.41, 5.74) is 0.242. The summed E-state index contributed by atoms with van der Waals surface area (Å²) in [6.45, 7) is 0.439. The minimum absolute atomic E-state index is 0.0666. The topological polar surface area (TPSA) is 98.9 Å². The average Bonchev–Trinajstić information content (AvgIpc) is 3.23. The van der Waals surface area contributed by atoms with Crippen molar-refractivity contribution in [2.45, 2.75) is 19.4 Å². The van der Waals surface area contributed by atoms with Crippen molar-refractivity contribution in [3.05, 3.63) is 75.8 Å². The quantitative estimate of drug-likeness (QED) is 0.583. The van der Waals surface area contributed by atoms with E-state index in [1.165, 1.54) is 15.4 Å². The number of aromatic nitrogens is 4. The Kier molecular flexibility index (Phi) is 6.33. The van der Waals surface area contributed by atoms with E-state index in [0.717, 1.165) is 0 Å². The Morgan fingerprint density at radius 3 is 2.57 bits per heavy atom. The van der Waals surface area contributed by atoms with Crippen LogP contribution in [0.5, 0.6) is 0 Å². The van der Waals surface area contributed by atoms with Gasteiger partial charge in [0.1, 0.15) is 0 Å². The van der Waals surface area contributed by atoms with E-state index in [1.54, 1.807) is 48.8 Å². The van der Waals surface area contributed by atoms with Gasteiger partial charge in [-0.05, 0) is 36.4 Å². The third-order valence-electron chi connectivity index (χ3n) is 3.98. The highest BCUT2D eigenvalue weighted by Gasteiger charge is 2.09. The van der Waals surface area contributed by atoms with E-state index >= 15 is 0 Å². The molecule has 0 aliphatic heterocycles. The summed E-state index contributed by atoms with van der Waals surface area (Å²) in [5.74, 6) is 0.111. The number of carbonyl (C=O) groups is 2. The predicted molar refractivity (Wildman–Crippen MR) is 104 cm³/mol. The summed E-state index contributed by atoms with van der Waals surface area (Å²) in [6.07, 6.45) is 3.50. The van der Waals surface area contributed by atoms with Crippen molar-refractivity contribution in [1.29, 1.82) is 0 Å². The van der Waals surface area contributed by atoms with E-state index in [2.05, 4.69) is 15.5 Å². The van der Waals surface area contributed by atoms with Gasteiger partial charge in [0.15, 0.2) is 11.6 Å². The molecule has 1 aromatic carbocycles. The molecule has 3 rings (SSSR count). The fourth-order valence-electron chi connectivity index (χ4n) is 2.52. The molecule has 2 heterocycles. The zero-order valence-corrected chi connectivity index (χ0v) is 15.7. The molecule has 0 saturated carbocycles. The van der Waals surface area contributed by atoms with E-state index in [4.69, 9.17) is 11.6 Å². The number of nitrogens with one attached hydrogen (secondary N) is 1. The lowest BCUT2D eigenvalue weighted by molar-refractivity contribution is -0.121. The van der Waals surface area contributed by atoms with Crippen LogP contribution in [0.25, 0.3) is 5.82 Å². The van der Waals surface area contributed by atoms with Gasteiger partial charge in [-0.2, -0.15) is 5.10 Å². The molecule has 1 amide bonds. The first-order chi connectivity index (χ1) is 13.5. The zero-order chi connectivity index (χ0) is 19.9. The van der Waals surface area contributed by atoms with Crippen molar-refractivity contribution < 1.29 is 9.59 Å². The average molecular weight is 400 g/mol. The van der Waals surface area contributed by atoms with Crippen LogP contribution in [0.2, 0.25) is 5.02 Å². The Bertz CT molecular complexity index is 1010. The molecule has 0 fully saturated rings. The summed E-state index contributed by atoms with van der Waals surface area (Å²) in [6, 6.07) is 11.3. The summed E-state index contributed by atoms with van der Waals surface area (Å²) in [4.78, 5) is 35.9. The second kappa shape index (κ2) is 9.09. The molecule has 0 saturated heterocycles. The molecule has 3 aromatic rings. The van der Waals surface area contributed by atoms with Gasteiger partial charge in [-0.1, -0.05) is 11.6 Å². The van der Waals surface area contributed by atoms with Gasteiger partial charge >= 0.3 is 0 Å². The van der Waals surface area contributed by atoms with Crippen LogP contribution in [0.4, 0.5) is 0 Å². The molecule has 144 valence electrons. The lowest BCUT2D eigenvalue weighted by atomic mass is 10.1. The van der Waals surface area contributed by atoms with Crippen molar-refractivity contribution in [2.24, 2.45) is 0 Å². The molecule has 1 N–H and O–H groups in total. The summed E-state index contributed by atoms with van der Waals surface area (Å²) < 4.78 is 2.80. The Labute approximate surface area is 165 Å². The van der Waals surface area contributed by atoms with Crippen molar-refractivity contribution in [1.82, 2.24) is 24.9 Å². The molecule has 28 heavy (non-hydrogen) atoms. The van der Waals surface area contributed by atoms with Crippen molar-refractivity contribution >= 4 is 23.3 Å². The molecule has 2 aromatic heterocycles. The van der Waals surface area contributed by atoms with E-state index in [-0.39, 0.29) is 43.2 Å². The smallest absolute Gasteiger partial charge is 0.266 e. The SMILES string of the molecule is O=C(CCC(=O)c1ccc(Cl)cc1)NCCn1nc(-n2cccn2)ccc1=O. The highest BCUT2D eigenvalue weighted by molar-refractivity contribution is 6.30. The standard InChI is InChI=1S/C19H18ClN5O3/c20-15-4-2-14(3-5-15)16(26)6-8-18(27)21-11-13-25-19(28)9-7-17(23-25)24-12-1-10-22-24/h1-5,7,9-10,12H,6,8,11,13H2,(H,21,27). The number of amides is 1. The summed E-state index contributed by atoms with van der Waals surface area (Å²) >= 11 is 5.79. The van der Waals surface area contributed by atoms with Gasteiger partial charge in [-0.15, -0.1) is 5.10 Å². The molecule has 0 radical (unpaired) electrons. The number of nitrogens with zero attached hydrogens (tertiary/aromatic N) is 4. The highest BCUT2D eigenvalue weighted by Crippen LogP contribution is 2.11. The molecule has 0 aliphatic rings. The van der Waals surface area contributed by atoms with Crippen LogP contribution in [0.1, 0.15) is 23.2 Å². The fraction of sp³-hybridized carbons (Fsp3) is 0.211. The Hall–Kier alpha value is -3.26. The van der Waals surface area contributed by atoms with Gasteiger partial charge in [0.2, 0.25) is 5.91 Å². The van der Waals surface area contributed by atoms with Crippen molar-refractivity contribution in [3.8, 4) is 5.82 Å². The fourth-order valence-corrected chi connectivity index (χ4v) is 2.65. The first-order valence-electron chi connectivity index (χ1n) is 8.66. The van der Waals surface area contributed by atoms with Crippen LogP contribution in [0, 0.1) is 0 Å². The molecular weight excluding hydrogens is 382 g/mol. The summed E-state index contributed by atoms with van der Waals surface area (Å²) in [7, 11) is 0. The molecule has 0 atom stereocenters. The Morgan fingerprint density at radius 2 is 1.86 bits per heavy atom. The number of ketones is 1. The number of benzene rings is 1. The second-order valence-electron chi connectivity index (χ2n) is 5.98. The molecule has 9 heteroatoms. The van der Waals surface area contributed by atoms with E-state index < -0.39 is 0 Å². The molecule has 0 bridgehead atoms. The van der Waals surface area contributed by atoms with Gasteiger partial charge in [-0.25, -0.2) is 9.36 Å². The van der Waals surface area contributed by atoms with Crippen LogP contribution in [0.3, 0.4) is 0 Å². The lowest BCUT2D eigenvalue weighted by Gasteiger charge is -2.08. The number of carbonyl (C=O) groups excluding carboxylic acids is 2. The number of hydrogen-bond donors (Lipinski definition) is 1. The number of Topliss-reactive ketones (excluding diaryl/α,β-unsaturated/α-hetero) is 1. The monoisotopic (exact) mass is 399 g/mol. The molecule has 0 unspecified atom stereocenters. The molecule has 0 spiro atoms. The van der Waals surface area contributed by atoms with Crippen LogP contribution >= 0.6 is 11.6 Å². The van der Waals surface area contributed by atoms with Gasteiger partial charge < -0.3 is 5.32 Å². The second-order valence-corrected chi connectivity index (χ2v) is 6.42. The van der Waals surface area contributed by atoms with Crippen LogP contribution in [-0.4, -0.2) is 37.8 Å². The van der Waals surface area contributed by atoms with Crippen LogP contribution in [-0.2, 0) is 11.3 Å². The maximum Gasteiger partial charge on any atom is 0.266 e. The molecular formula is C19H18ClN5O3. The number of hydrogen-bond acceptors (Lipinski definition) is 5. The van der Waals surface area contributed by atoms with E-state index in [0.29, 0.717) is 16.4 Å². The maximum atomic E-state index is 12.1. The van der Waals surface area contributed by atoms with E-state index in [9.17, 15) is 14.4 Å².